The van der Waals surface area contributed by atoms with Gasteiger partial charge in [-0.1, -0.05) is 0 Å². The van der Waals surface area contributed by atoms with Crippen LogP contribution in [-0.2, 0) is 4.79 Å². The highest BCUT2D eigenvalue weighted by Gasteiger charge is 2.12. The molecule has 7 heteroatoms. The van der Waals surface area contributed by atoms with Crippen LogP contribution in [0.4, 0.5) is 18.9 Å². The molecule has 0 aliphatic heterocycles. The zero-order valence-electron chi connectivity index (χ0n) is 13.5. The van der Waals surface area contributed by atoms with Gasteiger partial charge in [0.1, 0.15) is 17.5 Å². The Morgan fingerprint density at radius 2 is 1.68 bits per heavy atom. The second-order valence-corrected chi connectivity index (χ2v) is 5.49. The van der Waals surface area contributed by atoms with Gasteiger partial charge in [0.2, 0.25) is 5.91 Å². The highest BCUT2D eigenvalue weighted by Crippen LogP contribution is 2.16. The summed E-state index contributed by atoms with van der Waals surface area (Å²) in [5.74, 6) is -3.04. The predicted octanol–water partition coefficient (Wildman–Crippen LogP) is 3.56. The van der Waals surface area contributed by atoms with Crippen LogP contribution < -0.4 is 10.6 Å². The van der Waals surface area contributed by atoms with Crippen LogP contribution in [-0.4, -0.2) is 18.4 Å². The second-order valence-electron chi connectivity index (χ2n) is 5.49. The summed E-state index contributed by atoms with van der Waals surface area (Å²) in [6, 6.07) is 6.72. The van der Waals surface area contributed by atoms with Gasteiger partial charge in [0.25, 0.3) is 5.91 Å². The van der Waals surface area contributed by atoms with Gasteiger partial charge < -0.3 is 10.6 Å². The fourth-order valence-electron chi connectivity index (χ4n) is 2.20. The lowest BCUT2D eigenvalue weighted by atomic mass is 10.2. The fourth-order valence-corrected chi connectivity index (χ4v) is 2.20. The molecule has 2 amide bonds. The molecular formula is C18H17F3N2O2. The first-order valence-electron chi connectivity index (χ1n) is 7.66. The summed E-state index contributed by atoms with van der Waals surface area (Å²) in [4.78, 5) is 23.6. The fraction of sp³-hybridized carbons (Fsp3) is 0.222. The first-order chi connectivity index (χ1) is 11.9. The van der Waals surface area contributed by atoms with Crippen molar-refractivity contribution in [2.24, 2.45) is 0 Å². The van der Waals surface area contributed by atoms with E-state index in [1.54, 1.807) is 6.92 Å². The molecule has 25 heavy (non-hydrogen) atoms. The molecule has 2 aromatic carbocycles. The lowest BCUT2D eigenvalue weighted by molar-refractivity contribution is -0.116. The van der Waals surface area contributed by atoms with Crippen molar-refractivity contribution in [1.29, 1.82) is 0 Å². The molecule has 0 spiro atoms. The smallest absolute Gasteiger partial charge is 0.254 e. The number of halogens is 3. The van der Waals surface area contributed by atoms with E-state index in [0.717, 1.165) is 12.1 Å². The molecule has 132 valence electrons. The zero-order valence-corrected chi connectivity index (χ0v) is 13.5. The van der Waals surface area contributed by atoms with Crippen LogP contribution in [0.15, 0.2) is 36.4 Å². The molecule has 2 rings (SSSR count). The summed E-state index contributed by atoms with van der Waals surface area (Å²) < 4.78 is 39.3. The summed E-state index contributed by atoms with van der Waals surface area (Å²) in [6.45, 7) is 1.83. The van der Waals surface area contributed by atoms with Gasteiger partial charge in [0.05, 0.1) is 5.56 Å². The molecule has 0 aliphatic carbocycles. The maximum absolute atomic E-state index is 13.5. The van der Waals surface area contributed by atoms with Crippen LogP contribution in [0.25, 0.3) is 0 Å². The number of nitrogens with one attached hydrogen (secondary N) is 2. The van der Waals surface area contributed by atoms with E-state index in [4.69, 9.17) is 0 Å². The van der Waals surface area contributed by atoms with Crippen molar-refractivity contribution in [1.82, 2.24) is 5.32 Å². The lowest BCUT2D eigenvalue weighted by Gasteiger charge is -2.09. The Kier molecular flexibility index (Phi) is 6.16. The zero-order chi connectivity index (χ0) is 18.4. The molecule has 0 saturated heterocycles. The third-order valence-electron chi connectivity index (χ3n) is 3.50. The summed E-state index contributed by atoms with van der Waals surface area (Å²) in [5, 5.41) is 5.12. The molecule has 0 bridgehead atoms. The second kappa shape index (κ2) is 8.32. The summed E-state index contributed by atoms with van der Waals surface area (Å²) in [6.07, 6.45) is 0.462. The molecule has 0 aliphatic rings. The minimum atomic E-state index is -0.943. The molecule has 0 heterocycles. The highest BCUT2D eigenvalue weighted by atomic mass is 19.1. The molecule has 0 atom stereocenters. The Labute approximate surface area is 143 Å². The Morgan fingerprint density at radius 1 is 1.00 bits per heavy atom. The Balaban J connectivity index is 1.76. The van der Waals surface area contributed by atoms with Gasteiger partial charge in [-0.15, -0.1) is 0 Å². The summed E-state index contributed by atoms with van der Waals surface area (Å²) >= 11 is 0. The van der Waals surface area contributed by atoms with Gasteiger partial charge in [-0.3, -0.25) is 9.59 Å². The molecule has 0 aromatic heterocycles. The van der Waals surface area contributed by atoms with E-state index in [1.807, 2.05) is 0 Å². The highest BCUT2D eigenvalue weighted by molar-refractivity contribution is 5.94. The molecule has 0 unspecified atom stereocenters. The van der Waals surface area contributed by atoms with E-state index in [-0.39, 0.29) is 30.3 Å². The number of amides is 2. The summed E-state index contributed by atoms with van der Waals surface area (Å²) in [5.41, 5.74) is 0.866. The number of benzene rings is 2. The number of hydrogen-bond donors (Lipinski definition) is 2. The van der Waals surface area contributed by atoms with Gasteiger partial charge >= 0.3 is 0 Å². The molecule has 4 nitrogen and oxygen atoms in total. The average Bonchev–Trinajstić information content (AvgIpc) is 2.54. The molecule has 0 fully saturated rings. The first kappa shape index (κ1) is 18.5. The van der Waals surface area contributed by atoms with Gasteiger partial charge in [-0.25, -0.2) is 13.2 Å². The maximum Gasteiger partial charge on any atom is 0.254 e. The SMILES string of the molecule is Cc1cc(F)ccc1NC(=O)CCCNC(=O)c1ccc(F)cc1F. The van der Waals surface area contributed by atoms with E-state index in [2.05, 4.69) is 10.6 Å². The molecule has 0 radical (unpaired) electrons. The number of aryl methyl sites for hydroxylation is 1. The van der Waals surface area contributed by atoms with E-state index < -0.39 is 17.5 Å². The van der Waals surface area contributed by atoms with Gasteiger partial charge in [0.15, 0.2) is 0 Å². The van der Waals surface area contributed by atoms with Crippen LogP contribution in [0.5, 0.6) is 0 Å². The number of carbonyl (C=O) groups excluding carboxylic acids is 2. The van der Waals surface area contributed by atoms with Crippen LogP contribution in [0.1, 0.15) is 28.8 Å². The largest absolute Gasteiger partial charge is 0.352 e. The predicted molar refractivity (Wildman–Crippen MR) is 87.7 cm³/mol. The molecular weight excluding hydrogens is 333 g/mol. The normalized spacial score (nSPS) is 10.4. The van der Waals surface area contributed by atoms with Crippen LogP contribution in [0, 0.1) is 24.4 Å². The van der Waals surface area contributed by atoms with Gasteiger partial charge in [-0.05, 0) is 49.2 Å². The van der Waals surface area contributed by atoms with Crippen molar-refractivity contribution < 1.29 is 22.8 Å². The lowest BCUT2D eigenvalue weighted by Crippen LogP contribution is -2.26. The van der Waals surface area contributed by atoms with E-state index in [1.165, 1.54) is 18.2 Å². The number of rotatable bonds is 6. The summed E-state index contributed by atoms with van der Waals surface area (Å²) in [7, 11) is 0. The Morgan fingerprint density at radius 3 is 2.36 bits per heavy atom. The Bertz CT molecular complexity index is 794. The van der Waals surface area contributed by atoms with Crippen molar-refractivity contribution in [3.63, 3.8) is 0 Å². The Hall–Kier alpha value is -2.83. The third-order valence-corrected chi connectivity index (χ3v) is 3.50. The molecule has 2 N–H and O–H groups in total. The minimum absolute atomic E-state index is 0.128. The quantitative estimate of drug-likeness (QED) is 0.783. The first-order valence-corrected chi connectivity index (χ1v) is 7.66. The molecule has 0 saturated carbocycles. The van der Waals surface area contributed by atoms with Crippen molar-refractivity contribution in [3.05, 3.63) is 65.0 Å². The van der Waals surface area contributed by atoms with Gasteiger partial charge in [0, 0.05) is 24.7 Å². The van der Waals surface area contributed by atoms with Crippen molar-refractivity contribution in [2.75, 3.05) is 11.9 Å². The van der Waals surface area contributed by atoms with Crippen molar-refractivity contribution >= 4 is 17.5 Å². The minimum Gasteiger partial charge on any atom is -0.352 e. The van der Waals surface area contributed by atoms with Crippen LogP contribution in [0.3, 0.4) is 0 Å². The third kappa shape index (κ3) is 5.34. The standard InChI is InChI=1S/C18H17F3N2O2/c1-11-9-12(19)5-7-16(11)23-17(24)3-2-8-22-18(25)14-6-4-13(20)10-15(14)21/h4-7,9-10H,2-3,8H2,1H3,(H,22,25)(H,23,24). The topological polar surface area (TPSA) is 58.2 Å². The van der Waals surface area contributed by atoms with E-state index in [9.17, 15) is 22.8 Å². The van der Waals surface area contributed by atoms with Crippen molar-refractivity contribution in [3.8, 4) is 0 Å². The molecule has 2 aromatic rings. The number of carbonyl (C=O) groups is 2. The number of hydrogen-bond acceptors (Lipinski definition) is 2. The van der Waals surface area contributed by atoms with Crippen molar-refractivity contribution in [2.45, 2.75) is 19.8 Å². The van der Waals surface area contributed by atoms with Crippen LogP contribution in [0.2, 0.25) is 0 Å². The van der Waals surface area contributed by atoms with Gasteiger partial charge in [-0.2, -0.15) is 0 Å². The van der Waals surface area contributed by atoms with E-state index >= 15 is 0 Å². The van der Waals surface area contributed by atoms with Crippen LogP contribution >= 0.6 is 0 Å². The van der Waals surface area contributed by atoms with E-state index in [0.29, 0.717) is 23.7 Å². The average molecular weight is 350 g/mol. The maximum atomic E-state index is 13.5. The monoisotopic (exact) mass is 350 g/mol. The number of anilines is 1.